The number of hydrogen-bond acceptors (Lipinski definition) is 8. The summed E-state index contributed by atoms with van der Waals surface area (Å²) in [6.45, 7) is 2.14. The second-order valence-electron chi connectivity index (χ2n) is 13.9. The van der Waals surface area contributed by atoms with E-state index in [9.17, 15) is 40.8 Å². The number of carbonyl (C=O) groups is 4. The fraction of sp³-hybridized carbons (Fsp3) is 0.514. The second kappa shape index (κ2) is 13.9. The van der Waals surface area contributed by atoms with E-state index >= 15 is 0 Å². The van der Waals surface area contributed by atoms with Crippen LogP contribution in [0.25, 0.3) is 11.3 Å². The minimum Gasteiger partial charge on any atom is -0.446 e. The maximum absolute atomic E-state index is 14.0. The van der Waals surface area contributed by atoms with E-state index in [2.05, 4.69) is 20.3 Å². The van der Waals surface area contributed by atoms with Gasteiger partial charge in [0.1, 0.15) is 11.6 Å². The Balaban J connectivity index is 1.23. The van der Waals surface area contributed by atoms with Gasteiger partial charge in [-0.3, -0.25) is 29.4 Å². The fourth-order valence-electron chi connectivity index (χ4n) is 6.92. The third-order valence-electron chi connectivity index (χ3n) is 10.0. The number of rotatable bonds is 6. The molecular weight excluding hydrogens is 691 g/mol. The van der Waals surface area contributed by atoms with Gasteiger partial charge >= 0.3 is 12.3 Å². The number of amides is 4. The molecule has 51 heavy (non-hydrogen) atoms. The molecule has 2 heterocycles. The molecule has 1 aliphatic heterocycles. The average molecular weight is 732 g/mol. The van der Waals surface area contributed by atoms with Crippen LogP contribution in [-0.2, 0) is 35.3 Å². The van der Waals surface area contributed by atoms with Crippen molar-refractivity contribution < 1.29 is 45.5 Å². The SMILES string of the molecule is Cc1cccc(-c2ccc(C(F)(F)F)cc2NC(=O)OC2CC3C(=O)NC4(C(=O)NS(=O)(=O)C5CC5)CC4/C=C\CCCCN(C)C(=O)C3C2)n1. The zero-order valence-electron chi connectivity index (χ0n) is 28.2. The van der Waals surface area contributed by atoms with Crippen LogP contribution in [0, 0.1) is 24.7 Å². The Hall–Kier alpha value is -4.47. The first-order valence-electron chi connectivity index (χ1n) is 17.0. The molecule has 1 aromatic carbocycles. The van der Waals surface area contributed by atoms with E-state index in [-0.39, 0.29) is 36.4 Å². The summed E-state index contributed by atoms with van der Waals surface area (Å²) in [5.41, 5.74) is -1.57. The molecule has 0 spiro atoms. The van der Waals surface area contributed by atoms with Gasteiger partial charge in [0, 0.05) is 30.8 Å². The number of fused-ring (bicyclic) bond motifs is 2. The largest absolute Gasteiger partial charge is 0.446 e. The lowest BCUT2D eigenvalue weighted by Gasteiger charge is -2.26. The van der Waals surface area contributed by atoms with E-state index in [1.54, 1.807) is 38.2 Å². The minimum atomic E-state index is -4.70. The number of alkyl halides is 3. The second-order valence-corrected chi connectivity index (χ2v) is 15.9. The number of pyridine rings is 1. The van der Waals surface area contributed by atoms with Crippen molar-refractivity contribution >= 4 is 39.5 Å². The highest BCUT2D eigenvalue weighted by atomic mass is 32.2. The number of carbonyl (C=O) groups excluding carboxylic acids is 4. The standard InChI is InChI=1S/C35H40F3N5O7S/c1-20-8-7-10-28(39-20)25-14-11-21(35(36,37)38)16-29(25)40-33(47)50-23-17-26-27(18-23)31(45)43(2)15-6-4-3-5-9-22-19-34(22,41-30(26)44)32(46)42-51(48,49)24-12-13-24/h5,7-11,14,16,22-24,26-27H,3-4,6,12-13,15,17-19H2,1-2H3,(H,40,47)(H,41,44)(H,42,46)/b9-5-. The van der Waals surface area contributed by atoms with Gasteiger partial charge in [-0.2, -0.15) is 13.2 Å². The summed E-state index contributed by atoms with van der Waals surface area (Å²) in [4.78, 5) is 60.3. The molecule has 4 aliphatic rings. The number of aromatic nitrogens is 1. The average Bonchev–Trinajstić information content (AvgIpc) is 3.98. The topological polar surface area (TPSA) is 164 Å². The maximum Gasteiger partial charge on any atom is 0.416 e. The minimum absolute atomic E-state index is 0.0534. The highest BCUT2D eigenvalue weighted by Gasteiger charge is 2.62. The third kappa shape index (κ3) is 8.05. The third-order valence-corrected chi connectivity index (χ3v) is 11.8. The first-order chi connectivity index (χ1) is 24.1. The number of nitrogens with one attached hydrogen (secondary N) is 3. The van der Waals surface area contributed by atoms with Crippen molar-refractivity contribution in [3.8, 4) is 11.3 Å². The van der Waals surface area contributed by atoms with Gasteiger partial charge in [0.25, 0.3) is 5.91 Å². The van der Waals surface area contributed by atoms with Crippen LogP contribution in [0.4, 0.5) is 23.7 Å². The van der Waals surface area contributed by atoms with Crippen LogP contribution in [-0.4, -0.2) is 72.6 Å². The van der Waals surface area contributed by atoms with E-state index in [1.165, 1.54) is 11.0 Å². The maximum atomic E-state index is 14.0. The number of ether oxygens (including phenoxy) is 1. The fourth-order valence-corrected chi connectivity index (χ4v) is 8.29. The number of nitrogens with zero attached hydrogens (tertiary/aromatic N) is 2. The van der Waals surface area contributed by atoms with Crippen molar-refractivity contribution in [2.75, 3.05) is 18.9 Å². The van der Waals surface area contributed by atoms with Crippen molar-refractivity contribution in [3.05, 3.63) is 59.8 Å². The lowest BCUT2D eigenvalue weighted by molar-refractivity contribution is -0.140. The molecule has 3 saturated carbocycles. The van der Waals surface area contributed by atoms with Crippen molar-refractivity contribution in [2.24, 2.45) is 17.8 Å². The molecule has 16 heteroatoms. The first-order valence-corrected chi connectivity index (χ1v) is 18.5. The molecule has 3 fully saturated rings. The Bertz CT molecular complexity index is 1870. The Morgan fingerprint density at radius 2 is 1.82 bits per heavy atom. The van der Waals surface area contributed by atoms with Crippen LogP contribution >= 0.6 is 0 Å². The van der Waals surface area contributed by atoms with Crippen molar-refractivity contribution in [1.29, 1.82) is 0 Å². The van der Waals surface area contributed by atoms with Crippen LogP contribution in [0.2, 0.25) is 0 Å². The van der Waals surface area contributed by atoms with Gasteiger partial charge < -0.3 is 15.0 Å². The molecule has 4 amide bonds. The molecule has 3 N–H and O–H groups in total. The van der Waals surface area contributed by atoms with Crippen molar-refractivity contribution in [1.82, 2.24) is 19.9 Å². The van der Waals surface area contributed by atoms with E-state index < -0.39 is 74.3 Å². The smallest absolute Gasteiger partial charge is 0.416 e. The van der Waals surface area contributed by atoms with Crippen LogP contribution < -0.4 is 15.4 Å². The summed E-state index contributed by atoms with van der Waals surface area (Å²) in [5.74, 6) is -4.31. The molecule has 5 atom stereocenters. The normalized spacial score (nSPS) is 27.7. The lowest BCUT2D eigenvalue weighted by Crippen LogP contribution is -2.54. The van der Waals surface area contributed by atoms with E-state index in [0.717, 1.165) is 18.6 Å². The monoisotopic (exact) mass is 731 g/mol. The van der Waals surface area contributed by atoms with E-state index in [4.69, 9.17) is 4.74 Å². The molecule has 0 radical (unpaired) electrons. The molecule has 6 rings (SSSR count). The van der Waals surface area contributed by atoms with Crippen LogP contribution in [0.5, 0.6) is 0 Å². The summed E-state index contributed by atoms with van der Waals surface area (Å²) >= 11 is 0. The van der Waals surface area contributed by atoms with Crippen molar-refractivity contribution in [2.45, 2.75) is 81.4 Å². The summed E-state index contributed by atoms with van der Waals surface area (Å²) in [6, 6.07) is 7.87. The van der Waals surface area contributed by atoms with E-state index in [0.29, 0.717) is 43.6 Å². The summed E-state index contributed by atoms with van der Waals surface area (Å²) in [5, 5.41) is 4.52. The van der Waals surface area contributed by atoms with Crippen molar-refractivity contribution in [3.63, 3.8) is 0 Å². The van der Waals surface area contributed by atoms with Crippen LogP contribution in [0.15, 0.2) is 48.6 Å². The molecule has 0 bridgehead atoms. The Labute approximate surface area is 293 Å². The highest BCUT2D eigenvalue weighted by Crippen LogP contribution is 2.47. The molecular formula is C35H40F3N5O7S. The number of benzene rings is 1. The van der Waals surface area contributed by atoms with Gasteiger partial charge in [-0.25, -0.2) is 13.2 Å². The summed E-state index contributed by atoms with van der Waals surface area (Å²) in [6.07, 6.45) is -0.110. The van der Waals surface area contributed by atoms with Gasteiger partial charge in [0.2, 0.25) is 21.8 Å². The first kappa shape index (κ1) is 36.3. The van der Waals surface area contributed by atoms with Crippen LogP contribution in [0.1, 0.15) is 62.6 Å². The highest BCUT2D eigenvalue weighted by molar-refractivity contribution is 7.91. The summed E-state index contributed by atoms with van der Waals surface area (Å²) < 4.78 is 74.1. The molecule has 274 valence electrons. The van der Waals surface area contributed by atoms with Gasteiger partial charge in [0.15, 0.2) is 0 Å². The van der Waals surface area contributed by atoms with Gasteiger partial charge in [-0.15, -0.1) is 0 Å². The Morgan fingerprint density at radius 3 is 2.53 bits per heavy atom. The number of halogens is 3. The number of sulfonamides is 1. The number of aryl methyl sites for hydroxylation is 1. The van der Waals surface area contributed by atoms with Crippen LogP contribution in [0.3, 0.4) is 0 Å². The molecule has 0 saturated heterocycles. The number of anilines is 1. The Morgan fingerprint density at radius 1 is 1.08 bits per heavy atom. The quantitative estimate of drug-likeness (QED) is 0.360. The molecule has 5 unspecified atom stereocenters. The van der Waals surface area contributed by atoms with Gasteiger partial charge in [-0.1, -0.05) is 24.3 Å². The summed E-state index contributed by atoms with van der Waals surface area (Å²) in [7, 11) is -2.29. The zero-order chi connectivity index (χ0) is 36.7. The molecule has 2 aromatic rings. The molecule has 12 nitrogen and oxygen atoms in total. The predicted octanol–water partition coefficient (Wildman–Crippen LogP) is 4.70. The van der Waals surface area contributed by atoms with Gasteiger partial charge in [0.05, 0.1) is 34.0 Å². The lowest BCUT2D eigenvalue weighted by atomic mass is 9.93. The predicted molar refractivity (Wildman–Crippen MR) is 179 cm³/mol. The Kier molecular flexibility index (Phi) is 9.92. The van der Waals surface area contributed by atoms with E-state index in [1.807, 2.05) is 6.08 Å². The molecule has 1 aromatic heterocycles. The van der Waals surface area contributed by atoms with Gasteiger partial charge in [-0.05, 0) is 82.6 Å². The number of hydrogen-bond donors (Lipinski definition) is 3. The zero-order valence-corrected chi connectivity index (χ0v) is 29.0. The number of allylic oxidation sites excluding steroid dienone is 1. The molecule has 3 aliphatic carbocycles.